The van der Waals surface area contributed by atoms with E-state index in [2.05, 4.69) is 13.8 Å². The fourth-order valence-corrected chi connectivity index (χ4v) is 6.06. The first kappa shape index (κ1) is 48.9. The second kappa shape index (κ2) is 50.2. The van der Waals surface area contributed by atoms with E-state index in [0.29, 0.717) is 26.4 Å². The first-order valence-corrected chi connectivity index (χ1v) is 21.3. The van der Waals surface area contributed by atoms with Crippen LogP contribution in [0.2, 0.25) is 0 Å². The van der Waals surface area contributed by atoms with Gasteiger partial charge in [-0.15, -0.1) is 0 Å². The average Bonchev–Trinajstić information content (AvgIpc) is 3.09. The third-order valence-corrected chi connectivity index (χ3v) is 9.13. The summed E-state index contributed by atoms with van der Waals surface area (Å²) < 4.78 is 15.6. The highest BCUT2D eigenvalue weighted by Gasteiger charge is 1.97. The summed E-state index contributed by atoms with van der Waals surface area (Å²) in [5.74, 6) is 0. The minimum absolute atomic E-state index is 0.0417. The van der Waals surface area contributed by atoms with Gasteiger partial charge in [0.2, 0.25) is 0 Å². The van der Waals surface area contributed by atoms with Crippen molar-refractivity contribution in [3.05, 3.63) is 0 Å². The zero-order valence-corrected chi connectivity index (χ0v) is 32.4. The van der Waals surface area contributed by atoms with Crippen LogP contribution in [0.1, 0.15) is 219 Å². The Balaban J connectivity index is 0. The first-order chi connectivity index (χ1) is 23.3. The molecule has 0 radical (unpaired) electrons. The molecule has 0 heterocycles. The van der Waals surface area contributed by atoms with Gasteiger partial charge in [-0.3, -0.25) is 0 Å². The Morgan fingerprint density at radius 2 is 0.426 bits per heavy atom. The molecule has 0 amide bonds. The van der Waals surface area contributed by atoms with Crippen molar-refractivity contribution in [1.82, 2.24) is 0 Å². The van der Waals surface area contributed by atoms with Crippen LogP contribution in [0, 0.1) is 0 Å². The van der Waals surface area contributed by atoms with Crippen LogP contribution in [0.15, 0.2) is 0 Å². The Morgan fingerprint density at radius 3 is 0.638 bits per heavy atom. The molecule has 5 heteroatoms. The number of rotatable bonds is 41. The number of hydrogen-bond acceptors (Lipinski definition) is 5. The van der Waals surface area contributed by atoms with Crippen molar-refractivity contribution >= 4 is 0 Å². The molecule has 0 unspecified atom stereocenters. The molecule has 0 aromatic rings. The third-order valence-electron chi connectivity index (χ3n) is 9.13. The molecule has 0 bridgehead atoms. The largest absolute Gasteiger partial charge is 0.394 e. The number of ether oxygens (including phenoxy) is 3. The maximum Gasteiger partial charge on any atom is 0.0701 e. The van der Waals surface area contributed by atoms with E-state index >= 15 is 0 Å². The zero-order chi connectivity index (χ0) is 34.4. The van der Waals surface area contributed by atoms with E-state index in [1.807, 2.05) is 0 Å². The van der Waals surface area contributed by atoms with Crippen LogP contribution in [-0.2, 0) is 14.2 Å². The number of hydrogen-bond donors (Lipinski definition) is 2. The Bertz CT molecular complexity index is 448. The topological polar surface area (TPSA) is 68.2 Å². The fraction of sp³-hybridized carbons (Fsp3) is 1.00. The minimum Gasteiger partial charge on any atom is -0.394 e. The van der Waals surface area contributed by atoms with Gasteiger partial charge in [0.15, 0.2) is 0 Å². The van der Waals surface area contributed by atoms with Crippen LogP contribution in [0.5, 0.6) is 0 Å². The summed E-state index contributed by atoms with van der Waals surface area (Å²) in [5.41, 5.74) is 0. The Morgan fingerprint density at radius 1 is 0.234 bits per heavy atom. The van der Waals surface area contributed by atoms with E-state index in [4.69, 9.17) is 24.4 Å². The molecule has 5 nitrogen and oxygen atoms in total. The molecule has 47 heavy (non-hydrogen) atoms. The molecule has 0 aliphatic rings. The molecule has 0 saturated heterocycles. The van der Waals surface area contributed by atoms with E-state index in [9.17, 15) is 0 Å². The van der Waals surface area contributed by atoms with Crippen molar-refractivity contribution in [3.8, 4) is 0 Å². The second-order valence-corrected chi connectivity index (χ2v) is 13.9. The SMILES string of the molecule is CCCCCCCCCCCCCCCCCCOCCCCCCCCCCCCCCCCCC.OCCOCCOCCO. The molecule has 0 atom stereocenters. The number of aliphatic hydroxyl groups excluding tert-OH is 2. The molecular weight excluding hydrogens is 584 g/mol. The molecule has 2 N–H and O–H groups in total. The van der Waals surface area contributed by atoms with Gasteiger partial charge in [0, 0.05) is 13.2 Å². The maximum absolute atomic E-state index is 8.26. The molecule has 0 spiro atoms. The van der Waals surface area contributed by atoms with Crippen molar-refractivity contribution in [3.63, 3.8) is 0 Å². The van der Waals surface area contributed by atoms with Gasteiger partial charge < -0.3 is 24.4 Å². The number of unbranched alkanes of at least 4 members (excludes halogenated alkanes) is 30. The smallest absolute Gasteiger partial charge is 0.0701 e. The highest BCUT2D eigenvalue weighted by molar-refractivity contribution is 4.52. The molecule has 0 aromatic heterocycles. The lowest BCUT2D eigenvalue weighted by Gasteiger charge is -2.06. The van der Waals surface area contributed by atoms with Crippen molar-refractivity contribution in [1.29, 1.82) is 0 Å². The maximum atomic E-state index is 8.26. The minimum atomic E-state index is 0.0417. The normalized spacial score (nSPS) is 11.2. The van der Waals surface area contributed by atoms with E-state index in [-0.39, 0.29) is 13.2 Å². The van der Waals surface area contributed by atoms with Crippen LogP contribution in [0.4, 0.5) is 0 Å². The zero-order valence-electron chi connectivity index (χ0n) is 32.4. The average molecular weight is 673 g/mol. The van der Waals surface area contributed by atoms with Crippen molar-refractivity contribution in [2.75, 3.05) is 52.9 Å². The predicted molar refractivity (Wildman–Crippen MR) is 206 cm³/mol. The monoisotopic (exact) mass is 673 g/mol. The highest BCUT2D eigenvalue weighted by Crippen LogP contribution is 2.15. The number of aliphatic hydroxyl groups is 2. The fourth-order valence-electron chi connectivity index (χ4n) is 6.06. The van der Waals surface area contributed by atoms with Crippen LogP contribution in [0.25, 0.3) is 0 Å². The van der Waals surface area contributed by atoms with Crippen molar-refractivity contribution in [2.24, 2.45) is 0 Å². The molecular formula is C42H88O5. The van der Waals surface area contributed by atoms with Gasteiger partial charge in [-0.1, -0.05) is 206 Å². The Labute approximate surface area is 296 Å². The summed E-state index contributed by atoms with van der Waals surface area (Å²) in [6.45, 7) is 8.33. The summed E-state index contributed by atoms with van der Waals surface area (Å²) in [7, 11) is 0. The Kier molecular flexibility index (Phi) is 52.2. The molecule has 0 rings (SSSR count). The predicted octanol–water partition coefficient (Wildman–Crippen LogP) is 12.5. The summed E-state index contributed by atoms with van der Waals surface area (Å²) >= 11 is 0. The van der Waals surface area contributed by atoms with Crippen molar-refractivity contribution in [2.45, 2.75) is 219 Å². The van der Waals surface area contributed by atoms with Gasteiger partial charge in [0.25, 0.3) is 0 Å². The highest BCUT2D eigenvalue weighted by atomic mass is 16.5. The first-order valence-electron chi connectivity index (χ1n) is 21.3. The molecule has 0 aromatic carbocycles. The summed E-state index contributed by atoms with van der Waals surface area (Å²) in [4.78, 5) is 0. The van der Waals surface area contributed by atoms with E-state index in [1.54, 1.807) is 0 Å². The quantitative estimate of drug-likeness (QED) is 0.0633. The van der Waals surface area contributed by atoms with Gasteiger partial charge in [-0.05, 0) is 12.8 Å². The molecule has 0 aliphatic heterocycles. The molecule has 0 saturated carbocycles. The summed E-state index contributed by atoms with van der Waals surface area (Å²) in [6, 6.07) is 0. The van der Waals surface area contributed by atoms with Crippen LogP contribution in [0.3, 0.4) is 0 Å². The van der Waals surface area contributed by atoms with Gasteiger partial charge in [0.1, 0.15) is 0 Å². The second-order valence-electron chi connectivity index (χ2n) is 13.9. The van der Waals surface area contributed by atoms with Crippen molar-refractivity contribution < 1.29 is 24.4 Å². The van der Waals surface area contributed by atoms with Gasteiger partial charge >= 0.3 is 0 Å². The van der Waals surface area contributed by atoms with Gasteiger partial charge in [0.05, 0.1) is 39.6 Å². The molecule has 0 aliphatic carbocycles. The van der Waals surface area contributed by atoms with Crippen LogP contribution >= 0.6 is 0 Å². The molecule has 0 fully saturated rings. The Hall–Kier alpha value is -0.200. The lowest BCUT2D eigenvalue weighted by Crippen LogP contribution is -2.09. The van der Waals surface area contributed by atoms with Gasteiger partial charge in [-0.25, -0.2) is 0 Å². The van der Waals surface area contributed by atoms with Gasteiger partial charge in [-0.2, -0.15) is 0 Å². The van der Waals surface area contributed by atoms with E-state index in [1.165, 1.54) is 205 Å². The summed E-state index contributed by atoms with van der Waals surface area (Å²) in [6.07, 6.45) is 46.0. The molecule has 286 valence electrons. The van der Waals surface area contributed by atoms with E-state index in [0.717, 1.165) is 13.2 Å². The van der Waals surface area contributed by atoms with E-state index < -0.39 is 0 Å². The lowest BCUT2D eigenvalue weighted by atomic mass is 10.0. The van der Waals surface area contributed by atoms with Crippen LogP contribution in [-0.4, -0.2) is 63.1 Å². The lowest BCUT2D eigenvalue weighted by molar-refractivity contribution is 0.0222. The standard InChI is InChI=1S/C36H74O.C6H14O4/c1-3-5-7-9-11-13-15-17-19-21-23-25-27-29-31-33-35-37-36-34-32-30-28-26-24-22-20-18-16-14-12-10-8-6-4-2;7-1-3-9-5-6-10-4-2-8/h3-36H2,1-2H3;7-8H,1-6H2. The summed E-state index contributed by atoms with van der Waals surface area (Å²) in [5, 5.41) is 16.5. The third kappa shape index (κ3) is 52.8. The van der Waals surface area contributed by atoms with Crippen LogP contribution < -0.4 is 0 Å².